The summed E-state index contributed by atoms with van der Waals surface area (Å²) in [5.41, 5.74) is 0.653. The van der Waals surface area contributed by atoms with Crippen molar-refractivity contribution in [3.05, 3.63) is 30.1 Å². The van der Waals surface area contributed by atoms with Crippen LogP contribution in [0.5, 0.6) is 0 Å². The number of pyridine rings is 1. The molecule has 0 unspecified atom stereocenters. The zero-order valence-electron chi connectivity index (χ0n) is 6.12. The Balaban J connectivity index is 0.000000252. The summed E-state index contributed by atoms with van der Waals surface area (Å²) < 4.78 is 0. The van der Waals surface area contributed by atoms with Crippen LogP contribution in [-0.4, -0.2) is 14.2 Å². The quantitative estimate of drug-likeness (QED) is 0.686. The molecule has 2 nitrogen and oxygen atoms in total. The van der Waals surface area contributed by atoms with E-state index in [0.717, 1.165) is 0 Å². The molecule has 0 amide bonds. The van der Waals surface area contributed by atoms with Gasteiger partial charge in [0.1, 0.15) is 0 Å². The third-order valence-electron chi connectivity index (χ3n) is 0.809. The number of rotatable bonds is 0. The second kappa shape index (κ2) is 6.73. The van der Waals surface area contributed by atoms with E-state index >= 15 is 0 Å². The number of aromatic nitrogens is 1. The smallest absolute Gasteiger partial charge is 0.0992 e. The molecule has 0 radical (unpaired) electrons. The second-order valence-corrected chi connectivity index (χ2v) is 17.7. The van der Waals surface area contributed by atoms with Gasteiger partial charge in [0.25, 0.3) is 0 Å². The van der Waals surface area contributed by atoms with Crippen LogP contribution < -0.4 is 0 Å². The van der Waals surface area contributed by atoms with Crippen LogP contribution in [0.2, 0.25) is 0 Å². The Labute approximate surface area is 95.5 Å². The van der Waals surface area contributed by atoms with Crippen molar-refractivity contribution in [3.8, 4) is 6.07 Å². The standard InChI is InChI=1S/C6H4N2.Cl4Se/c7-5-6-1-3-8-4-2-6;1-5(2,3)4/h1-4H;. The molecule has 0 atom stereocenters. The van der Waals surface area contributed by atoms with E-state index in [1.807, 2.05) is 6.07 Å². The Kier molecular flexibility index (Phi) is 6.89. The number of hydrogen-bond acceptors (Lipinski definition) is 2. The van der Waals surface area contributed by atoms with Crippen molar-refractivity contribution in [2.45, 2.75) is 0 Å². The summed E-state index contributed by atoms with van der Waals surface area (Å²) in [6, 6.07) is 5.32. The average molecular weight is 325 g/mol. The molecular weight excluding hydrogens is 321 g/mol. The van der Waals surface area contributed by atoms with Crippen LogP contribution in [0.15, 0.2) is 24.5 Å². The molecule has 1 rings (SSSR count). The molecule has 1 aromatic rings. The van der Waals surface area contributed by atoms with Gasteiger partial charge in [-0.05, 0) is 12.1 Å². The molecule has 0 aliphatic carbocycles. The topological polar surface area (TPSA) is 36.7 Å². The Morgan fingerprint density at radius 1 is 1.15 bits per heavy atom. The molecule has 0 spiro atoms. The zero-order chi connectivity index (χ0) is 10.3. The van der Waals surface area contributed by atoms with Crippen molar-refractivity contribution in [3.63, 3.8) is 0 Å². The molecule has 72 valence electrons. The first kappa shape index (κ1) is 13.3. The fourth-order valence-corrected chi connectivity index (χ4v) is 0.426. The Morgan fingerprint density at radius 2 is 1.54 bits per heavy atom. The van der Waals surface area contributed by atoms with Crippen molar-refractivity contribution < 1.29 is 0 Å². The van der Waals surface area contributed by atoms with Gasteiger partial charge in [0.05, 0.1) is 11.6 Å². The molecule has 0 bridgehead atoms. The van der Waals surface area contributed by atoms with Crippen molar-refractivity contribution in [1.29, 1.82) is 5.26 Å². The number of nitriles is 1. The maximum atomic E-state index is 8.26. The Morgan fingerprint density at radius 3 is 1.77 bits per heavy atom. The van der Waals surface area contributed by atoms with Crippen molar-refractivity contribution in [1.82, 2.24) is 4.98 Å². The molecule has 0 saturated heterocycles. The summed E-state index contributed by atoms with van der Waals surface area (Å²) in [6.45, 7) is 0. The molecule has 0 aliphatic rings. The van der Waals surface area contributed by atoms with Gasteiger partial charge in [0.2, 0.25) is 0 Å². The van der Waals surface area contributed by atoms with Crippen LogP contribution in [0.3, 0.4) is 0 Å². The van der Waals surface area contributed by atoms with Gasteiger partial charge >= 0.3 is 49.6 Å². The monoisotopic (exact) mass is 324 g/mol. The SMILES string of the molecule is Cl[Se](Cl)(Cl)Cl.N#Cc1ccncc1. The van der Waals surface area contributed by atoms with Crippen LogP contribution in [-0.2, 0) is 0 Å². The van der Waals surface area contributed by atoms with Crippen LogP contribution in [0.1, 0.15) is 5.56 Å². The first-order chi connectivity index (χ1) is 5.93. The van der Waals surface area contributed by atoms with Gasteiger partial charge in [0.15, 0.2) is 0 Å². The van der Waals surface area contributed by atoms with E-state index in [4.69, 9.17) is 45.7 Å². The van der Waals surface area contributed by atoms with Gasteiger partial charge in [-0.2, -0.15) is 5.26 Å². The number of halogens is 4. The minimum absolute atomic E-state index is 0.653. The summed E-state index contributed by atoms with van der Waals surface area (Å²) in [5.74, 6) is 0. The minimum atomic E-state index is -2.86. The maximum Gasteiger partial charge on any atom is 0.0992 e. The van der Waals surface area contributed by atoms with Crippen molar-refractivity contribution in [2.24, 2.45) is 0 Å². The summed E-state index contributed by atoms with van der Waals surface area (Å²) in [4.78, 5) is 3.74. The van der Waals surface area contributed by atoms with Crippen LogP contribution in [0, 0.1) is 11.3 Å². The third-order valence-corrected chi connectivity index (χ3v) is 0.809. The molecule has 0 saturated carbocycles. The van der Waals surface area contributed by atoms with Crippen LogP contribution in [0.4, 0.5) is 0 Å². The van der Waals surface area contributed by atoms with E-state index in [-0.39, 0.29) is 0 Å². The molecule has 1 heterocycles. The van der Waals surface area contributed by atoms with E-state index in [2.05, 4.69) is 4.98 Å². The maximum absolute atomic E-state index is 8.26. The van der Waals surface area contributed by atoms with E-state index in [1.54, 1.807) is 24.5 Å². The first-order valence-electron chi connectivity index (χ1n) is 2.85. The van der Waals surface area contributed by atoms with Crippen LogP contribution in [0.25, 0.3) is 0 Å². The van der Waals surface area contributed by atoms with E-state index in [9.17, 15) is 0 Å². The van der Waals surface area contributed by atoms with Gasteiger partial charge in [-0.25, -0.2) is 0 Å². The zero-order valence-corrected chi connectivity index (χ0v) is 10.9. The van der Waals surface area contributed by atoms with Gasteiger partial charge < -0.3 is 0 Å². The van der Waals surface area contributed by atoms with Gasteiger partial charge in [-0.15, -0.1) is 0 Å². The van der Waals surface area contributed by atoms with E-state index in [0.29, 0.717) is 5.56 Å². The Bertz CT molecular complexity index is 273. The van der Waals surface area contributed by atoms with Gasteiger partial charge in [-0.1, -0.05) is 0 Å². The largest absolute Gasteiger partial charge is 0.265 e. The summed E-state index contributed by atoms with van der Waals surface area (Å²) in [5, 5.41) is 8.26. The fourth-order valence-electron chi connectivity index (χ4n) is 0.426. The predicted molar refractivity (Wildman–Crippen MR) is 58.1 cm³/mol. The third kappa shape index (κ3) is 12.3. The van der Waals surface area contributed by atoms with E-state index < -0.39 is 9.20 Å². The number of hydrogen-bond donors (Lipinski definition) is 0. The molecule has 13 heavy (non-hydrogen) atoms. The molecule has 0 aromatic carbocycles. The number of nitrogens with zero attached hydrogens (tertiary/aromatic N) is 2. The molecule has 0 aliphatic heterocycles. The van der Waals surface area contributed by atoms with E-state index in [1.165, 1.54) is 0 Å². The molecule has 0 fully saturated rings. The van der Waals surface area contributed by atoms with Crippen molar-refractivity contribution >= 4 is 49.6 Å². The minimum Gasteiger partial charge on any atom is -0.265 e. The van der Waals surface area contributed by atoms with Gasteiger partial charge in [0, 0.05) is 12.4 Å². The summed E-state index contributed by atoms with van der Waals surface area (Å²) in [7, 11) is 17.1. The summed E-state index contributed by atoms with van der Waals surface area (Å²) in [6.07, 6.45) is 3.19. The molecule has 1 aromatic heterocycles. The summed E-state index contributed by atoms with van der Waals surface area (Å²) >= 11 is 0. The van der Waals surface area contributed by atoms with Gasteiger partial charge in [-0.3, -0.25) is 4.98 Å². The predicted octanol–water partition coefficient (Wildman–Crippen LogP) is 3.33. The van der Waals surface area contributed by atoms with Crippen LogP contribution >= 0.6 is 40.4 Å². The normalized spacial score (nSPS) is 10.7. The average Bonchev–Trinajstić information content (AvgIpc) is 2.03. The van der Waals surface area contributed by atoms with Crippen molar-refractivity contribution in [2.75, 3.05) is 0 Å². The molecule has 7 heteroatoms. The first-order valence-corrected chi connectivity index (χ1v) is 11.9. The molecular formula is C6H4Cl4N2Se. The second-order valence-electron chi connectivity index (χ2n) is 1.70. The molecule has 0 N–H and O–H groups in total. The Hall–Kier alpha value is 0.319. The fraction of sp³-hybridized carbons (Fsp3) is 0.